The second kappa shape index (κ2) is 13.6. The molecule has 0 unspecified atom stereocenters. The van der Waals surface area contributed by atoms with Gasteiger partial charge in [0.2, 0.25) is 0 Å². The summed E-state index contributed by atoms with van der Waals surface area (Å²) in [5, 5.41) is 2.52. The summed E-state index contributed by atoms with van der Waals surface area (Å²) in [4.78, 5) is 5.15. The number of hydrogen-bond acceptors (Lipinski definition) is 2. The largest absolute Gasteiger partial charge is 0.310 e. The van der Waals surface area contributed by atoms with E-state index >= 15 is 0 Å². The minimum atomic E-state index is -0.175. The molecule has 1 spiro atoms. The van der Waals surface area contributed by atoms with Crippen LogP contribution in [0.25, 0.3) is 21.9 Å². The molecule has 2 heteroatoms. The van der Waals surface area contributed by atoms with Crippen molar-refractivity contribution >= 4 is 44.9 Å². The maximum absolute atomic E-state index is 2.64. The Labute approximate surface area is 343 Å². The summed E-state index contributed by atoms with van der Waals surface area (Å²) in [7, 11) is 0. The first-order valence-electron chi connectivity index (χ1n) is 21.2. The van der Waals surface area contributed by atoms with Crippen LogP contribution >= 0.6 is 0 Å². The maximum atomic E-state index is 2.64. The van der Waals surface area contributed by atoms with E-state index in [9.17, 15) is 0 Å². The van der Waals surface area contributed by atoms with Gasteiger partial charge in [-0.25, -0.2) is 0 Å². The van der Waals surface area contributed by atoms with Crippen LogP contribution in [0.5, 0.6) is 0 Å². The van der Waals surface area contributed by atoms with Crippen LogP contribution in [0.3, 0.4) is 0 Å². The number of nitrogens with zero attached hydrogens (tertiary/aromatic N) is 2. The first-order valence-corrected chi connectivity index (χ1v) is 21.2. The van der Waals surface area contributed by atoms with Crippen molar-refractivity contribution in [2.45, 2.75) is 63.2 Å². The first kappa shape index (κ1) is 34.8. The van der Waals surface area contributed by atoms with Crippen molar-refractivity contribution in [1.82, 2.24) is 0 Å². The molecule has 3 aliphatic carbocycles. The van der Waals surface area contributed by atoms with Gasteiger partial charge in [-0.15, -0.1) is 0 Å². The second-order valence-corrected chi connectivity index (χ2v) is 17.2. The van der Waals surface area contributed by atoms with Gasteiger partial charge in [0.25, 0.3) is 0 Å². The van der Waals surface area contributed by atoms with Crippen molar-refractivity contribution in [3.63, 3.8) is 0 Å². The summed E-state index contributed by atoms with van der Waals surface area (Å²) in [6.45, 7) is 4.80. The van der Waals surface area contributed by atoms with Gasteiger partial charge in [-0.1, -0.05) is 141 Å². The predicted octanol–water partition coefficient (Wildman–Crippen LogP) is 15.0. The van der Waals surface area contributed by atoms with Crippen molar-refractivity contribution in [3.05, 3.63) is 215 Å². The summed E-state index contributed by atoms with van der Waals surface area (Å²) < 4.78 is 0. The van der Waals surface area contributed by atoms with Gasteiger partial charge in [0, 0.05) is 33.3 Å². The minimum Gasteiger partial charge on any atom is -0.310 e. The fourth-order valence-corrected chi connectivity index (χ4v) is 11.2. The molecule has 1 atom stereocenters. The molecule has 0 radical (unpaired) electrons. The van der Waals surface area contributed by atoms with Gasteiger partial charge in [-0.2, -0.15) is 0 Å². The van der Waals surface area contributed by atoms with Crippen LogP contribution in [-0.2, 0) is 23.7 Å². The molecule has 0 amide bonds. The Kier molecular flexibility index (Phi) is 8.19. The van der Waals surface area contributed by atoms with Crippen LogP contribution in [0.1, 0.15) is 72.9 Å². The Balaban J connectivity index is 1.19. The molecule has 3 aliphatic rings. The van der Waals surface area contributed by atoms with E-state index in [-0.39, 0.29) is 10.8 Å². The Morgan fingerprint density at radius 2 is 0.948 bits per heavy atom. The summed E-state index contributed by atoms with van der Waals surface area (Å²) in [5.74, 6) is 0. The molecule has 282 valence electrons. The van der Waals surface area contributed by atoms with Gasteiger partial charge in [-0.3, -0.25) is 0 Å². The van der Waals surface area contributed by atoms with Crippen LogP contribution in [0.4, 0.5) is 34.1 Å². The van der Waals surface area contributed by atoms with Gasteiger partial charge in [0.15, 0.2) is 0 Å². The highest BCUT2D eigenvalue weighted by Crippen LogP contribution is 2.59. The number of benzene rings is 8. The molecule has 0 bridgehead atoms. The SMILES string of the molecule is CC1(C)c2ccccc2-c2ccc(N(c3cccc4c3[C@]3(CCCc5cccc(N(c6ccccc6)c6ccccc6)c53)CCC4)c3cccc4ccccc34)cc21. The minimum absolute atomic E-state index is 0.112. The Hall–Kier alpha value is -6.38. The predicted molar refractivity (Wildman–Crippen MR) is 244 cm³/mol. The third-order valence-corrected chi connectivity index (χ3v) is 13.7. The van der Waals surface area contributed by atoms with E-state index in [2.05, 4.69) is 206 Å². The molecule has 0 saturated carbocycles. The van der Waals surface area contributed by atoms with Gasteiger partial charge in [0.05, 0.1) is 17.1 Å². The molecule has 0 heterocycles. The van der Waals surface area contributed by atoms with Gasteiger partial charge in [0.1, 0.15) is 0 Å². The van der Waals surface area contributed by atoms with Crippen molar-refractivity contribution in [2.24, 2.45) is 0 Å². The van der Waals surface area contributed by atoms with E-state index in [1.165, 1.54) is 102 Å². The fraction of sp³-hybridized carbons (Fsp3) is 0.179. The smallest absolute Gasteiger partial charge is 0.0540 e. The zero-order valence-electron chi connectivity index (χ0n) is 33.5. The monoisotopic (exact) mass is 748 g/mol. The molecule has 0 N–H and O–H groups in total. The molecule has 8 aromatic rings. The number of hydrogen-bond donors (Lipinski definition) is 0. The van der Waals surface area contributed by atoms with Crippen LogP contribution < -0.4 is 9.80 Å². The van der Waals surface area contributed by atoms with E-state index in [4.69, 9.17) is 0 Å². The molecule has 8 aromatic carbocycles. The highest BCUT2D eigenvalue weighted by molar-refractivity contribution is 6.00. The normalized spacial score (nSPS) is 17.3. The fourth-order valence-electron chi connectivity index (χ4n) is 11.2. The topological polar surface area (TPSA) is 6.48 Å². The first-order chi connectivity index (χ1) is 28.5. The van der Waals surface area contributed by atoms with E-state index in [1.807, 2.05) is 0 Å². The molecule has 0 fully saturated rings. The van der Waals surface area contributed by atoms with E-state index in [0.717, 1.165) is 25.7 Å². The standard InChI is InChI=1S/C56H48N2/c1-55(2)48-30-12-11-29-46(48)47-35-34-44(38-49(47)55)58(50-31-13-19-39-18-9-10-28-45(39)50)52-33-15-21-41-23-17-37-56(54(41)52)36-16-22-40-20-14-32-51(53(40)56)57(42-24-5-3-6-25-42)43-26-7-4-8-27-43/h3-15,18-21,24-35,38H,16-17,22-23,36-37H2,1-2H3/t56-/m1/s1. The lowest BCUT2D eigenvalue weighted by molar-refractivity contribution is 0.369. The van der Waals surface area contributed by atoms with Gasteiger partial charge >= 0.3 is 0 Å². The molecule has 0 aromatic heterocycles. The highest BCUT2D eigenvalue weighted by Gasteiger charge is 2.46. The third kappa shape index (κ3) is 5.31. The van der Waals surface area contributed by atoms with Crippen molar-refractivity contribution in [3.8, 4) is 11.1 Å². The van der Waals surface area contributed by atoms with Gasteiger partial charge in [-0.05, 0) is 143 Å². The summed E-state index contributed by atoms with van der Waals surface area (Å²) in [6, 6.07) is 68.4. The lowest BCUT2D eigenvalue weighted by Gasteiger charge is -2.48. The average Bonchev–Trinajstić information content (AvgIpc) is 3.50. The summed E-state index contributed by atoms with van der Waals surface area (Å²) >= 11 is 0. The molecule has 2 nitrogen and oxygen atoms in total. The number of fused-ring (bicyclic) bond motifs is 8. The summed E-state index contributed by atoms with van der Waals surface area (Å²) in [6.07, 6.45) is 6.75. The van der Waals surface area contributed by atoms with Crippen LogP contribution in [0, 0.1) is 0 Å². The lowest BCUT2D eigenvalue weighted by Crippen LogP contribution is -2.38. The van der Waals surface area contributed by atoms with E-state index < -0.39 is 0 Å². The van der Waals surface area contributed by atoms with Crippen molar-refractivity contribution in [1.29, 1.82) is 0 Å². The van der Waals surface area contributed by atoms with Crippen LogP contribution in [0.15, 0.2) is 182 Å². The van der Waals surface area contributed by atoms with Crippen LogP contribution in [0.2, 0.25) is 0 Å². The Bertz CT molecular complexity index is 2790. The van der Waals surface area contributed by atoms with Gasteiger partial charge < -0.3 is 9.80 Å². The summed E-state index contributed by atoms with van der Waals surface area (Å²) in [5.41, 5.74) is 18.6. The molecule has 0 saturated heterocycles. The quantitative estimate of drug-likeness (QED) is 0.167. The molecule has 11 rings (SSSR count). The Morgan fingerprint density at radius 3 is 1.64 bits per heavy atom. The van der Waals surface area contributed by atoms with E-state index in [0.29, 0.717) is 0 Å². The van der Waals surface area contributed by atoms with Crippen molar-refractivity contribution < 1.29 is 0 Å². The maximum Gasteiger partial charge on any atom is 0.0540 e. The molecular formula is C56H48N2. The lowest BCUT2D eigenvalue weighted by atomic mass is 9.59. The zero-order valence-corrected chi connectivity index (χ0v) is 33.5. The van der Waals surface area contributed by atoms with Crippen LogP contribution in [-0.4, -0.2) is 0 Å². The number of para-hydroxylation sites is 2. The van der Waals surface area contributed by atoms with Crippen molar-refractivity contribution in [2.75, 3.05) is 9.80 Å². The number of anilines is 6. The highest BCUT2D eigenvalue weighted by atomic mass is 15.2. The Morgan fingerprint density at radius 1 is 0.414 bits per heavy atom. The molecule has 58 heavy (non-hydrogen) atoms. The average molecular weight is 749 g/mol. The molecule has 0 aliphatic heterocycles. The van der Waals surface area contributed by atoms with E-state index in [1.54, 1.807) is 0 Å². The zero-order chi connectivity index (χ0) is 38.8. The third-order valence-electron chi connectivity index (χ3n) is 13.7. The molecular weight excluding hydrogens is 701 g/mol. The number of aryl methyl sites for hydroxylation is 2. The number of rotatable bonds is 6. The second-order valence-electron chi connectivity index (χ2n) is 17.2.